The summed E-state index contributed by atoms with van der Waals surface area (Å²) in [6.45, 7) is 4.07. The molecule has 0 radical (unpaired) electrons. The molecule has 2 atom stereocenters. The summed E-state index contributed by atoms with van der Waals surface area (Å²) in [6, 6.07) is 6.54. The van der Waals surface area contributed by atoms with Crippen LogP contribution in [0, 0.1) is 12.8 Å². The zero-order chi connectivity index (χ0) is 15.5. The first-order chi connectivity index (χ1) is 10.6. The van der Waals surface area contributed by atoms with Gasteiger partial charge in [0.2, 0.25) is 5.95 Å². The number of nitrogens with zero attached hydrogens (tertiary/aromatic N) is 5. The summed E-state index contributed by atoms with van der Waals surface area (Å²) in [6.07, 6.45) is 6.84. The van der Waals surface area contributed by atoms with E-state index in [0.29, 0.717) is 12.0 Å². The van der Waals surface area contributed by atoms with Crippen molar-refractivity contribution in [3.8, 4) is 0 Å². The Kier molecular flexibility index (Phi) is 4.34. The van der Waals surface area contributed by atoms with Gasteiger partial charge in [-0.1, -0.05) is 6.07 Å². The lowest BCUT2D eigenvalue weighted by atomic mass is 9.94. The number of hydrogen-bond donors (Lipinski definition) is 0. The van der Waals surface area contributed by atoms with Gasteiger partial charge < -0.3 is 4.90 Å². The van der Waals surface area contributed by atoms with E-state index in [1.54, 1.807) is 0 Å². The zero-order valence-electron chi connectivity index (χ0n) is 13.5. The van der Waals surface area contributed by atoms with Gasteiger partial charge in [0.25, 0.3) is 0 Å². The molecule has 2 aromatic rings. The van der Waals surface area contributed by atoms with Gasteiger partial charge in [-0.2, -0.15) is 0 Å². The van der Waals surface area contributed by atoms with Gasteiger partial charge in [-0.3, -0.25) is 9.88 Å². The molecule has 2 aromatic heterocycles. The van der Waals surface area contributed by atoms with Crippen LogP contribution in [0.2, 0.25) is 0 Å². The Hall–Kier alpha value is -2.01. The van der Waals surface area contributed by atoms with Crippen LogP contribution < -0.4 is 4.90 Å². The average molecular weight is 297 g/mol. The van der Waals surface area contributed by atoms with Crippen molar-refractivity contribution in [1.82, 2.24) is 19.9 Å². The van der Waals surface area contributed by atoms with Crippen LogP contribution in [0.4, 0.5) is 5.95 Å². The van der Waals surface area contributed by atoms with Crippen molar-refractivity contribution in [3.05, 3.63) is 48.0 Å². The van der Waals surface area contributed by atoms with E-state index < -0.39 is 0 Å². The Bertz CT molecular complexity index is 615. The maximum absolute atomic E-state index is 4.52. The van der Waals surface area contributed by atoms with Crippen molar-refractivity contribution in [1.29, 1.82) is 0 Å². The van der Waals surface area contributed by atoms with Crippen LogP contribution in [0.1, 0.15) is 23.7 Å². The minimum atomic E-state index is 0.418. The highest BCUT2D eigenvalue weighted by atomic mass is 15.2. The second-order valence-corrected chi connectivity index (χ2v) is 6.14. The molecule has 0 spiro atoms. The summed E-state index contributed by atoms with van der Waals surface area (Å²) < 4.78 is 0. The molecule has 0 bridgehead atoms. The summed E-state index contributed by atoms with van der Waals surface area (Å²) >= 11 is 0. The number of likely N-dealkylation sites (tertiary alicyclic amines) is 1. The van der Waals surface area contributed by atoms with Crippen LogP contribution in [0.25, 0.3) is 0 Å². The van der Waals surface area contributed by atoms with Crippen LogP contribution >= 0.6 is 0 Å². The third-order valence-electron chi connectivity index (χ3n) is 4.43. The molecular weight excluding hydrogens is 274 g/mol. The van der Waals surface area contributed by atoms with Gasteiger partial charge in [0.05, 0.1) is 0 Å². The lowest BCUT2D eigenvalue weighted by Crippen LogP contribution is -2.31. The fraction of sp³-hybridized carbons (Fsp3) is 0.471. The monoisotopic (exact) mass is 297 g/mol. The van der Waals surface area contributed by atoms with Crippen molar-refractivity contribution < 1.29 is 0 Å². The Morgan fingerprint density at radius 1 is 1.32 bits per heavy atom. The second kappa shape index (κ2) is 6.40. The quantitative estimate of drug-likeness (QED) is 0.866. The summed E-state index contributed by atoms with van der Waals surface area (Å²) in [5.41, 5.74) is 2.30. The van der Waals surface area contributed by atoms with Crippen molar-refractivity contribution in [2.24, 2.45) is 5.92 Å². The highest BCUT2D eigenvalue weighted by molar-refractivity contribution is 5.29. The molecule has 116 valence electrons. The lowest BCUT2D eigenvalue weighted by molar-refractivity contribution is 0.277. The summed E-state index contributed by atoms with van der Waals surface area (Å²) in [5.74, 6) is 1.36. The van der Waals surface area contributed by atoms with Crippen LogP contribution in [0.5, 0.6) is 0 Å². The molecule has 0 saturated carbocycles. The molecular formula is C17H23N5. The molecule has 0 amide bonds. The first-order valence-corrected chi connectivity index (χ1v) is 7.76. The van der Waals surface area contributed by atoms with Crippen LogP contribution in [0.15, 0.2) is 36.8 Å². The smallest absolute Gasteiger partial charge is 0.225 e. The highest BCUT2D eigenvalue weighted by Gasteiger charge is 2.34. The Balaban J connectivity index is 1.76. The van der Waals surface area contributed by atoms with Crippen LogP contribution in [-0.2, 0) is 0 Å². The van der Waals surface area contributed by atoms with E-state index in [4.69, 9.17) is 0 Å². The van der Waals surface area contributed by atoms with E-state index in [2.05, 4.69) is 44.9 Å². The Labute approximate surface area is 132 Å². The number of anilines is 1. The molecule has 0 N–H and O–H groups in total. The molecule has 1 saturated heterocycles. The van der Waals surface area contributed by atoms with Crippen molar-refractivity contribution >= 4 is 5.95 Å². The first-order valence-electron chi connectivity index (χ1n) is 7.76. The Morgan fingerprint density at radius 3 is 2.91 bits per heavy atom. The molecule has 1 aliphatic heterocycles. The van der Waals surface area contributed by atoms with Gasteiger partial charge in [-0.15, -0.1) is 0 Å². The molecule has 0 unspecified atom stereocenters. The summed E-state index contributed by atoms with van der Waals surface area (Å²) in [4.78, 5) is 17.8. The third-order valence-corrected chi connectivity index (χ3v) is 4.43. The van der Waals surface area contributed by atoms with Crippen molar-refractivity contribution in [2.75, 3.05) is 32.1 Å². The molecule has 0 aliphatic carbocycles. The highest BCUT2D eigenvalue weighted by Crippen LogP contribution is 2.36. The maximum Gasteiger partial charge on any atom is 0.225 e. The molecule has 1 aliphatic rings. The third kappa shape index (κ3) is 3.09. The second-order valence-electron chi connectivity index (χ2n) is 6.14. The number of rotatable bonds is 4. The van der Waals surface area contributed by atoms with Crippen molar-refractivity contribution in [3.63, 3.8) is 0 Å². The van der Waals surface area contributed by atoms with Crippen molar-refractivity contribution in [2.45, 2.75) is 19.4 Å². The first kappa shape index (κ1) is 14.9. The predicted molar refractivity (Wildman–Crippen MR) is 87.8 cm³/mol. The number of hydrogen-bond acceptors (Lipinski definition) is 5. The molecule has 0 aromatic carbocycles. The van der Waals surface area contributed by atoms with Crippen LogP contribution in [-0.4, -0.2) is 47.0 Å². The van der Waals surface area contributed by atoms with E-state index in [1.807, 2.05) is 37.6 Å². The fourth-order valence-corrected chi connectivity index (χ4v) is 3.35. The molecule has 1 fully saturated rings. The van der Waals surface area contributed by atoms with Gasteiger partial charge in [0.1, 0.15) is 0 Å². The van der Waals surface area contributed by atoms with Gasteiger partial charge in [-0.25, -0.2) is 9.97 Å². The number of pyridine rings is 1. The van der Waals surface area contributed by atoms with Gasteiger partial charge in [0.15, 0.2) is 0 Å². The van der Waals surface area contributed by atoms with E-state index in [9.17, 15) is 0 Å². The molecule has 3 heterocycles. The fourth-order valence-electron chi connectivity index (χ4n) is 3.35. The maximum atomic E-state index is 4.52. The molecule has 22 heavy (non-hydrogen) atoms. The van der Waals surface area contributed by atoms with E-state index in [1.165, 1.54) is 12.0 Å². The normalized spacial score (nSPS) is 22.0. The van der Waals surface area contributed by atoms with E-state index >= 15 is 0 Å². The average Bonchev–Trinajstić information content (AvgIpc) is 2.89. The topological polar surface area (TPSA) is 45.2 Å². The zero-order valence-corrected chi connectivity index (χ0v) is 13.5. The largest absolute Gasteiger partial charge is 0.344 e. The predicted octanol–water partition coefficient (Wildman–Crippen LogP) is 2.31. The van der Waals surface area contributed by atoms with Crippen LogP contribution in [0.3, 0.4) is 0 Å². The van der Waals surface area contributed by atoms with Gasteiger partial charge >= 0.3 is 0 Å². The minimum Gasteiger partial charge on any atom is -0.344 e. The minimum absolute atomic E-state index is 0.418. The van der Waals surface area contributed by atoms with Gasteiger partial charge in [0, 0.05) is 43.9 Å². The summed E-state index contributed by atoms with van der Waals surface area (Å²) in [7, 11) is 4.27. The SMILES string of the molecule is Cc1ccnc(N(C)C[C@@H]2CCN(C)[C@H]2c2cccnc2)n1. The molecule has 5 nitrogen and oxygen atoms in total. The lowest BCUT2D eigenvalue weighted by Gasteiger charge is -2.28. The van der Waals surface area contributed by atoms with E-state index in [-0.39, 0.29) is 0 Å². The standard InChI is InChI=1S/C17H23N5/c1-13-6-9-19-17(20-13)22(3)12-15-7-10-21(2)16(15)14-5-4-8-18-11-14/h4-6,8-9,11,15-16H,7,10,12H2,1-3H3/t15-,16-/m0/s1. The van der Waals surface area contributed by atoms with E-state index in [0.717, 1.165) is 24.7 Å². The Morgan fingerprint density at radius 2 is 2.18 bits per heavy atom. The number of aryl methyl sites for hydroxylation is 1. The molecule has 3 rings (SSSR count). The van der Waals surface area contributed by atoms with Gasteiger partial charge in [-0.05, 0) is 50.6 Å². The summed E-state index contributed by atoms with van der Waals surface area (Å²) in [5, 5.41) is 0. The molecule has 5 heteroatoms. The number of aromatic nitrogens is 3.